The van der Waals surface area contributed by atoms with Crippen molar-refractivity contribution in [3.63, 3.8) is 0 Å². The van der Waals surface area contributed by atoms with Gasteiger partial charge in [0.15, 0.2) is 11.6 Å². The van der Waals surface area contributed by atoms with Gasteiger partial charge in [0.05, 0.1) is 5.70 Å². The number of fused-ring (bicyclic) bond motifs is 2. The topological polar surface area (TPSA) is 55.4 Å². The number of dihydropyridines is 1. The van der Waals surface area contributed by atoms with Crippen LogP contribution in [0, 0.1) is 11.2 Å². The lowest BCUT2D eigenvalue weighted by Crippen LogP contribution is -2.37. The Hall–Kier alpha value is -3.99. The molecule has 180 valence electrons. The Morgan fingerprint density at radius 3 is 2.31 bits per heavy atom. The minimum Gasteiger partial charge on any atom is -0.489 e. The fourth-order valence-electron chi connectivity index (χ4n) is 5.63. The van der Waals surface area contributed by atoms with E-state index in [4.69, 9.17) is 4.74 Å². The highest BCUT2D eigenvalue weighted by molar-refractivity contribution is 6.23. The highest BCUT2D eigenvalue weighted by atomic mass is 19.1. The molecule has 0 bridgehead atoms. The summed E-state index contributed by atoms with van der Waals surface area (Å²) in [5.41, 5.74) is 6.26. The minimum atomic E-state index is -0.425. The van der Waals surface area contributed by atoms with Crippen molar-refractivity contribution in [2.45, 2.75) is 39.2 Å². The first-order chi connectivity index (χ1) is 17.3. The molecule has 0 saturated carbocycles. The largest absolute Gasteiger partial charge is 0.489 e. The van der Waals surface area contributed by atoms with Crippen LogP contribution < -0.4 is 10.1 Å². The molecular formula is C31H26FNO3. The van der Waals surface area contributed by atoms with Gasteiger partial charge in [0.25, 0.3) is 0 Å². The van der Waals surface area contributed by atoms with Crippen LogP contribution in [-0.2, 0) is 11.4 Å². The van der Waals surface area contributed by atoms with Gasteiger partial charge in [-0.2, -0.15) is 0 Å². The Morgan fingerprint density at radius 2 is 1.58 bits per heavy atom. The third-order valence-electron chi connectivity index (χ3n) is 7.26. The lowest BCUT2D eigenvalue weighted by Gasteiger charge is -2.39. The van der Waals surface area contributed by atoms with Crippen LogP contribution in [0.3, 0.4) is 0 Å². The Kier molecular flexibility index (Phi) is 5.18. The van der Waals surface area contributed by atoms with E-state index in [1.165, 1.54) is 12.1 Å². The Bertz CT molecular complexity index is 1460. The van der Waals surface area contributed by atoms with E-state index in [1.807, 2.05) is 48.5 Å². The quantitative estimate of drug-likeness (QED) is 0.474. The maximum absolute atomic E-state index is 13.6. The van der Waals surface area contributed by atoms with Gasteiger partial charge in [0.1, 0.15) is 18.2 Å². The van der Waals surface area contributed by atoms with E-state index in [2.05, 4.69) is 19.2 Å². The Balaban J connectivity index is 1.37. The van der Waals surface area contributed by atoms with Crippen LogP contribution in [0.4, 0.5) is 4.39 Å². The van der Waals surface area contributed by atoms with Gasteiger partial charge < -0.3 is 10.1 Å². The van der Waals surface area contributed by atoms with Crippen molar-refractivity contribution in [3.8, 4) is 5.75 Å². The lowest BCUT2D eigenvalue weighted by molar-refractivity contribution is -0.118. The number of benzene rings is 3. The number of carbonyl (C=O) groups excluding carboxylic acids is 2. The second-order valence-electron chi connectivity index (χ2n) is 10.5. The number of Topliss-reactive ketones (excluding diaryl/α,β-unsaturated/α-hetero) is 2. The molecule has 36 heavy (non-hydrogen) atoms. The highest BCUT2D eigenvalue weighted by Crippen LogP contribution is 2.51. The van der Waals surface area contributed by atoms with Crippen molar-refractivity contribution in [3.05, 3.63) is 118 Å². The van der Waals surface area contributed by atoms with E-state index in [1.54, 1.807) is 12.1 Å². The second kappa shape index (κ2) is 8.30. The second-order valence-corrected chi connectivity index (χ2v) is 10.5. The fraction of sp³-hybridized carbons (Fsp3) is 0.226. The molecule has 3 aromatic rings. The van der Waals surface area contributed by atoms with Crippen molar-refractivity contribution >= 4 is 17.3 Å². The molecule has 0 saturated heterocycles. The number of ketones is 2. The van der Waals surface area contributed by atoms with Gasteiger partial charge in [-0.25, -0.2) is 4.39 Å². The predicted molar refractivity (Wildman–Crippen MR) is 136 cm³/mol. The molecule has 1 aliphatic heterocycles. The number of halogens is 1. The standard InChI is InChI=1S/C31H26FNO3/c1-31(2)15-24-27(25(34)16-31)26(28-29(33-24)22-5-3-4-6-23(22)30(28)35)19-9-13-21(14-10-19)36-17-18-7-11-20(32)12-8-18/h3-14,26,33H,15-17H2,1-2H3/t26-/m0/s1. The van der Waals surface area contributed by atoms with Crippen molar-refractivity contribution in [1.29, 1.82) is 0 Å². The van der Waals surface area contributed by atoms with Crippen LogP contribution in [0.5, 0.6) is 5.75 Å². The number of hydrogen-bond donors (Lipinski definition) is 1. The first-order valence-corrected chi connectivity index (χ1v) is 12.2. The lowest BCUT2D eigenvalue weighted by atomic mass is 9.68. The summed E-state index contributed by atoms with van der Waals surface area (Å²) in [6.45, 7) is 4.53. The highest BCUT2D eigenvalue weighted by Gasteiger charge is 2.46. The van der Waals surface area contributed by atoms with Crippen molar-refractivity contribution in [1.82, 2.24) is 5.32 Å². The van der Waals surface area contributed by atoms with Gasteiger partial charge in [-0.3, -0.25) is 9.59 Å². The van der Waals surface area contributed by atoms with E-state index in [-0.39, 0.29) is 22.8 Å². The van der Waals surface area contributed by atoms with Crippen LogP contribution in [-0.4, -0.2) is 11.6 Å². The zero-order valence-corrected chi connectivity index (χ0v) is 20.2. The molecular weight excluding hydrogens is 453 g/mol. The third kappa shape index (κ3) is 3.76. The summed E-state index contributed by atoms with van der Waals surface area (Å²) in [5.74, 6) is 0.0183. The number of hydrogen-bond acceptors (Lipinski definition) is 4. The molecule has 1 N–H and O–H groups in total. The van der Waals surface area contributed by atoms with Gasteiger partial charge in [0, 0.05) is 40.3 Å². The molecule has 1 atom stereocenters. The van der Waals surface area contributed by atoms with E-state index < -0.39 is 5.92 Å². The molecule has 4 nitrogen and oxygen atoms in total. The monoisotopic (exact) mass is 479 g/mol. The van der Waals surface area contributed by atoms with Crippen molar-refractivity contribution < 1.29 is 18.7 Å². The molecule has 0 fully saturated rings. The number of rotatable bonds is 4. The molecule has 3 aromatic carbocycles. The summed E-state index contributed by atoms with van der Waals surface area (Å²) in [6, 6.07) is 21.5. The molecule has 0 aromatic heterocycles. The molecule has 2 aliphatic carbocycles. The fourth-order valence-corrected chi connectivity index (χ4v) is 5.63. The molecule has 0 amide bonds. The molecule has 0 unspecified atom stereocenters. The van der Waals surface area contributed by atoms with Crippen molar-refractivity contribution in [2.24, 2.45) is 5.41 Å². The maximum Gasteiger partial charge on any atom is 0.192 e. The summed E-state index contributed by atoms with van der Waals surface area (Å²) >= 11 is 0. The SMILES string of the molecule is CC1(C)CC(=O)C2=C(C1)NC1=C(C(=O)c3ccccc31)[C@H]2c1ccc(OCc2ccc(F)cc2)cc1. The molecule has 5 heteroatoms. The summed E-state index contributed by atoms with van der Waals surface area (Å²) < 4.78 is 19.1. The van der Waals surface area contributed by atoms with Gasteiger partial charge in [0.2, 0.25) is 0 Å². The molecule has 0 spiro atoms. The summed E-state index contributed by atoms with van der Waals surface area (Å²) in [5, 5.41) is 3.51. The predicted octanol–water partition coefficient (Wildman–Crippen LogP) is 6.34. The molecule has 0 radical (unpaired) electrons. The first-order valence-electron chi connectivity index (χ1n) is 12.2. The minimum absolute atomic E-state index is 0.0288. The van der Waals surface area contributed by atoms with Gasteiger partial charge in [-0.05, 0) is 47.2 Å². The maximum atomic E-state index is 13.6. The van der Waals surface area contributed by atoms with E-state index >= 15 is 0 Å². The Morgan fingerprint density at radius 1 is 0.889 bits per heavy atom. The molecule has 1 heterocycles. The molecule has 6 rings (SSSR count). The van der Waals surface area contributed by atoms with Crippen LogP contribution >= 0.6 is 0 Å². The zero-order chi connectivity index (χ0) is 25.0. The van der Waals surface area contributed by atoms with Gasteiger partial charge in [-0.15, -0.1) is 0 Å². The van der Waals surface area contributed by atoms with E-state index in [9.17, 15) is 14.0 Å². The Labute approximate surface area is 209 Å². The van der Waals surface area contributed by atoms with Gasteiger partial charge >= 0.3 is 0 Å². The van der Waals surface area contributed by atoms with Crippen LogP contribution in [0.25, 0.3) is 5.70 Å². The van der Waals surface area contributed by atoms with Crippen molar-refractivity contribution in [2.75, 3.05) is 0 Å². The van der Waals surface area contributed by atoms with Crippen LogP contribution in [0.2, 0.25) is 0 Å². The average molecular weight is 480 g/mol. The summed E-state index contributed by atoms with van der Waals surface area (Å²) in [4.78, 5) is 27.1. The number of carbonyl (C=O) groups is 2. The number of ether oxygens (including phenoxy) is 1. The van der Waals surface area contributed by atoms with Crippen LogP contribution in [0.15, 0.2) is 89.6 Å². The summed E-state index contributed by atoms with van der Waals surface area (Å²) in [6.07, 6.45) is 1.20. The third-order valence-corrected chi connectivity index (χ3v) is 7.26. The van der Waals surface area contributed by atoms with Gasteiger partial charge in [-0.1, -0.05) is 62.4 Å². The number of allylic oxidation sites excluding steroid dienone is 3. The number of nitrogens with one attached hydrogen (secondary N) is 1. The van der Waals surface area contributed by atoms with Crippen LogP contribution in [0.1, 0.15) is 59.7 Å². The summed E-state index contributed by atoms with van der Waals surface area (Å²) in [7, 11) is 0. The first kappa shape index (κ1) is 22.5. The molecule has 3 aliphatic rings. The normalized spacial score (nSPS) is 20.0. The smallest absolute Gasteiger partial charge is 0.192 e. The average Bonchev–Trinajstić information content (AvgIpc) is 3.14. The van der Waals surface area contributed by atoms with E-state index in [0.29, 0.717) is 35.5 Å². The zero-order valence-electron chi connectivity index (χ0n) is 20.2. The van der Waals surface area contributed by atoms with E-state index in [0.717, 1.165) is 34.5 Å².